The van der Waals surface area contributed by atoms with Gasteiger partial charge in [-0.1, -0.05) is 81.8 Å². The molecule has 0 aliphatic carbocycles. The number of ether oxygens (including phenoxy) is 3. The lowest BCUT2D eigenvalue weighted by atomic mass is 9.85. The van der Waals surface area contributed by atoms with E-state index in [9.17, 15) is 24.3 Å². The number of likely N-dealkylation sites (tertiary alicyclic amines) is 1. The molecule has 2 aromatic carbocycles. The summed E-state index contributed by atoms with van der Waals surface area (Å²) < 4.78 is 19.0. The lowest BCUT2D eigenvalue weighted by Crippen LogP contribution is -2.58. The number of nitrogens with zero attached hydrogens (tertiary/aromatic N) is 6. The van der Waals surface area contributed by atoms with Crippen LogP contribution in [0.5, 0.6) is 0 Å². The molecule has 71 heavy (non-hydrogen) atoms. The molecule has 2 aliphatic heterocycles. The summed E-state index contributed by atoms with van der Waals surface area (Å²) in [4.78, 5) is 67.7. The number of carbonyl (C=O) groups excluding carboxylic acids is 4. The van der Waals surface area contributed by atoms with Crippen LogP contribution in [0, 0.1) is 46.0 Å². The van der Waals surface area contributed by atoms with Crippen molar-refractivity contribution < 1.29 is 38.5 Å². The molecule has 5 atom stereocenters. The Morgan fingerprint density at radius 1 is 0.873 bits per heavy atom. The van der Waals surface area contributed by atoms with E-state index in [-0.39, 0.29) is 71.0 Å². The van der Waals surface area contributed by atoms with E-state index in [0.717, 1.165) is 60.5 Å². The number of aromatic nitrogens is 4. The van der Waals surface area contributed by atoms with Gasteiger partial charge in [0.25, 0.3) is 0 Å². The Hall–Kier alpha value is -5.70. The number of hydrogen-bond acceptors (Lipinski definition) is 14. The van der Waals surface area contributed by atoms with E-state index in [1.165, 1.54) is 9.78 Å². The number of β-amino-alcohol motifs (C(OH)–C–C–N with tert-alkyl or cyclic N) is 1. The fraction of sp³-hybridized carbons (Fsp3) is 0.500. The van der Waals surface area contributed by atoms with Gasteiger partial charge in [0.1, 0.15) is 35.6 Å². The molecule has 1 fully saturated rings. The van der Waals surface area contributed by atoms with Crippen LogP contribution in [-0.4, -0.2) is 130 Å². The lowest BCUT2D eigenvalue weighted by molar-refractivity contribution is -0.144. The van der Waals surface area contributed by atoms with Gasteiger partial charge in [0.2, 0.25) is 23.6 Å². The first-order valence-electron chi connectivity index (χ1n) is 24.2. The van der Waals surface area contributed by atoms with Gasteiger partial charge in [0, 0.05) is 42.1 Å². The van der Waals surface area contributed by atoms with Crippen molar-refractivity contribution in [1.82, 2.24) is 40.6 Å². The van der Waals surface area contributed by atoms with Crippen molar-refractivity contribution in [2.75, 3.05) is 52.7 Å². The Morgan fingerprint density at radius 3 is 2.21 bits per heavy atom. The molecule has 4 amide bonds. The van der Waals surface area contributed by atoms with Gasteiger partial charge in [0.05, 0.1) is 66.8 Å². The highest BCUT2D eigenvalue weighted by Crippen LogP contribution is 2.41. The third-order valence-corrected chi connectivity index (χ3v) is 15.1. The average molecular weight is 1010 g/mol. The first-order valence-corrected chi connectivity index (χ1v) is 25.9. The highest BCUT2D eigenvalue weighted by atomic mass is 32.1. The molecule has 2 aliphatic rings. The zero-order valence-electron chi connectivity index (χ0n) is 42.2. The van der Waals surface area contributed by atoms with Crippen molar-refractivity contribution in [3.8, 4) is 15.4 Å². The predicted octanol–water partition coefficient (Wildman–Crippen LogP) is 5.89. The minimum absolute atomic E-state index is 0.0259. The quantitative estimate of drug-likeness (QED) is 0.0637. The van der Waals surface area contributed by atoms with E-state index in [2.05, 4.69) is 80.7 Å². The van der Waals surface area contributed by atoms with Crippen LogP contribution in [0.1, 0.15) is 96.6 Å². The smallest absolute Gasteiger partial charge is 0.246 e. The summed E-state index contributed by atoms with van der Waals surface area (Å²) in [5, 5.41) is 29.4. The zero-order chi connectivity index (χ0) is 51.0. The number of aryl methyl sites for hydroxylation is 4. The number of benzene rings is 2. The predicted molar refractivity (Wildman–Crippen MR) is 274 cm³/mol. The topological polar surface area (TPSA) is 211 Å². The number of nitrogens with one attached hydrogen (secondary N) is 3. The summed E-state index contributed by atoms with van der Waals surface area (Å²) in [6, 6.07) is 13.7. The second kappa shape index (κ2) is 23.7. The van der Waals surface area contributed by atoms with Crippen molar-refractivity contribution in [3.63, 3.8) is 0 Å². The molecule has 0 radical (unpaired) electrons. The molecular weight excluding hydrogens is 943 g/mol. The SMILES string of the molecule is CC[C@@H](C(=O)NCCOCCOCCOCC(=O)N[C@H](C(=O)N1C[C@H](O)C[C@H]1C(=O)NCc1ccc(-c2scnc2C)cc1)C(C)(C)C)[C@@H]1N=C(c2ccc(C)cc2)c2c(sc(C)c2C)-n2c(C)nnc21. The molecule has 0 unspecified atom stereocenters. The molecule has 4 N–H and O–H groups in total. The number of aliphatic hydroxyl groups excluding tert-OH is 1. The van der Waals surface area contributed by atoms with Crippen molar-refractivity contribution in [3.05, 3.63) is 104 Å². The van der Waals surface area contributed by atoms with Gasteiger partial charge in [-0.25, -0.2) is 4.98 Å². The van der Waals surface area contributed by atoms with Crippen molar-refractivity contribution in [2.24, 2.45) is 16.3 Å². The second-order valence-corrected chi connectivity index (χ2v) is 21.3. The summed E-state index contributed by atoms with van der Waals surface area (Å²) in [7, 11) is 0. The van der Waals surface area contributed by atoms with Gasteiger partial charge in [-0.05, 0) is 63.1 Å². The van der Waals surface area contributed by atoms with E-state index in [1.807, 2.05) is 71.3 Å². The van der Waals surface area contributed by atoms with Crippen LogP contribution in [0.15, 0.2) is 59.0 Å². The van der Waals surface area contributed by atoms with Gasteiger partial charge in [0.15, 0.2) is 5.82 Å². The van der Waals surface area contributed by atoms with Gasteiger partial charge < -0.3 is 40.2 Å². The van der Waals surface area contributed by atoms with Crippen LogP contribution in [0.25, 0.3) is 15.4 Å². The number of hydrogen-bond donors (Lipinski definition) is 4. The van der Waals surface area contributed by atoms with Crippen LogP contribution in [0.3, 0.4) is 0 Å². The van der Waals surface area contributed by atoms with E-state index in [1.54, 1.807) is 22.7 Å². The van der Waals surface area contributed by atoms with Crippen molar-refractivity contribution in [1.29, 1.82) is 0 Å². The first kappa shape index (κ1) is 53.1. The normalized spacial score (nSPS) is 17.5. The summed E-state index contributed by atoms with van der Waals surface area (Å²) in [5.41, 5.74) is 9.16. The minimum Gasteiger partial charge on any atom is -0.391 e. The number of rotatable bonds is 21. The van der Waals surface area contributed by atoms with Crippen LogP contribution in [-0.2, 0) is 39.9 Å². The van der Waals surface area contributed by atoms with E-state index in [0.29, 0.717) is 18.8 Å². The third-order valence-electron chi connectivity index (χ3n) is 12.9. The van der Waals surface area contributed by atoms with Gasteiger partial charge in [-0.3, -0.25) is 28.7 Å². The number of amides is 4. The fourth-order valence-corrected chi connectivity index (χ4v) is 10.9. The largest absolute Gasteiger partial charge is 0.391 e. The van der Waals surface area contributed by atoms with E-state index >= 15 is 0 Å². The van der Waals surface area contributed by atoms with E-state index in [4.69, 9.17) is 19.2 Å². The van der Waals surface area contributed by atoms with Crippen LogP contribution < -0.4 is 16.0 Å². The van der Waals surface area contributed by atoms with Crippen molar-refractivity contribution in [2.45, 2.75) is 106 Å². The highest BCUT2D eigenvalue weighted by Gasteiger charge is 2.45. The Balaban J connectivity index is 0.818. The summed E-state index contributed by atoms with van der Waals surface area (Å²) in [6.45, 7) is 19.0. The van der Waals surface area contributed by atoms with Gasteiger partial charge in [-0.15, -0.1) is 32.9 Å². The molecule has 1 saturated heterocycles. The number of aliphatic imine (C=N–C) groups is 1. The number of carbonyl (C=O) groups is 4. The average Bonchev–Trinajstić information content (AvgIpc) is 4.11. The number of fused-ring (bicyclic) bond motifs is 3. The molecule has 5 heterocycles. The molecule has 0 saturated carbocycles. The number of aliphatic hydroxyl groups is 1. The molecule has 3 aromatic heterocycles. The molecule has 0 spiro atoms. The molecule has 19 heteroatoms. The zero-order valence-corrected chi connectivity index (χ0v) is 43.8. The standard InChI is InChI=1S/C52H67N9O8S2/c1-10-39(44-47-59-58-34(6)61(47)51-42(31(3)33(5)71-51)43(57-44)36-15-11-30(2)12-16-36)48(64)53-19-20-67-21-22-68-23-24-69-28-41(63)56-46(52(7,8)9)50(66)60-27-38(62)25-40(60)49(65)54-26-35-13-17-37(18-14-35)45-32(4)55-29-70-45/h11-18,29,38-40,44,46,62H,10,19-28H2,1-9H3,(H,53,64)(H,54,65)(H,56,63)/t38-,39-,40+,44+,46-/m1/s1. The minimum atomic E-state index is -0.982. The molecule has 7 rings (SSSR count). The van der Waals surface area contributed by atoms with Crippen molar-refractivity contribution >= 4 is 52.0 Å². The molecule has 5 aromatic rings. The van der Waals surface area contributed by atoms with Crippen LogP contribution in [0.4, 0.5) is 0 Å². The molecule has 380 valence electrons. The first-order chi connectivity index (χ1) is 34.0. The second-order valence-electron chi connectivity index (χ2n) is 19.2. The maximum atomic E-state index is 14.0. The summed E-state index contributed by atoms with van der Waals surface area (Å²) in [6.07, 6.45) is -0.262. The molecule has 17 nitrogen and oxygen atoms in total. The molecular formula is C52H67N9O8S2. The maximum Gasteiger partial charge on any atom is 0.246 e. The Kier molecular flexibility index (Phi) is 17.7. The van der Waals surface area contributed by atoms with Crippen LogP contribution in [0.2, 0.25) is 0 Å². The Bertz CT molecular complexity index is 2690. The van der Waals surface area contributed by atoms with Gasteiger partial charge in [-0.2, -0.15) is 0 Å². The lowest BCUT2D eigenvalue weighted by Gasteiger charge is -2.35. The highest BCUT2D eigenvalue weighted by molar-refractivity contribution is 7.15. The van der Waals surface area contributed by atoms with Gasteiger partial charge >= 0.3 is 0 Å². The number of thiophene rings is 1. The Morgan fingerprint density at radius 2 is 1.55 bits per heavy atom. The molecule has 0 bridgehead atoms. The van der Waals surface area contributed by atoms with E-state index < -0.39 is 47.4 Å². The monoisotopic (exact) mass is 1010 g/mol. The van der Waals surface area contributed by atoms with Crippen LogP contribution >= 0.6 is 22.7 Å². The summed E-state index contributed by atoms with van der Waals surface area (Å²) in [5.74, 6) is -0.603. The fourth-order valence-electron chi connectivity index (χ4n) is 8.85. The maximum absolute atomic E-state index is 14.0. The Labute approximate surface area is 423 Å². The summed E-state index contributed by atoms with van der Waals surface area (Å²) >= 11 is 3.25. The third kappa shape index (κ3) is 12.7. The number of thiazole rings is 1.